The Morgan fingerprint density at radius 2 is 2.12 bits per heavy atom. The van der Waals surface area contributed by atoms with E-state index in [1.807, 2.05) is 11.8 Å². The number of hydrogen-bond donors (Lipinski definition) is 2. The molecule has 0 amide bonds. The molecular formula is C14H22N2S. The summed E-state index contributed by atoms with van der Waals surface area (Å²) in [5, 5.41) is 3.66. The van der Waals surface area contributed by atoms with Crippen LogP contribution in [0.4, 0.5) is 0 Å². The van der Waals surface area contributed by atoms with Crippen molar-refractivity contribution in [2.75, 3.05) is 18.6 Å². The minimum absolute atomic E-state index is 0.208. The first kappa shape index (κ1) is 12.9. The van der Waals surface area contributed by atoms with Crippen LogP contribution < -0.4 is 11.1 Å². The van der Waals surface area contributed by atoms with E-state index in [0.29, 0.717) is 12.0 Å². The molecule has 94 valence electrons. The van der Waals surface area contributed by atoms with E-state index in [4.69, 9.17) is 5.73 Å². The lowest BCUT2D eigenvalue weighted by atomic mass is 10.1. The van der Waals surface area contributed by atoms with Gasteiger partial charge in [0.15, 0.2) is 0 Å². The van der Waals surface area contributed by atoms with Gasteiger partial charge in [-0.2, -0.15) is 11.8 Å². The van der Waals surface area contributed by atoms with Crippen LogP contribution in [-0.2, 0) is 0 Å². The zero-order valence-corrected chi connectivity index (χ0v) is 11.5. The van der Waals surface area contributed by atoms with Crippen LogP contribution in [0, 0.1) is 5.92 Å². The van der Waals surface area contributed by atoms with Crippen LogP contribution in [0.1, 0.15) is 36.6 Å². The molecule has 0 saturated carbocycles. The van der Waals surface area contributed by atoms with Crippen LogP contribution in [0.15, 0.2) is 24.3 Å². The molecule has 17 heavy (non-hydrogen) atoms. The third-order valence-electron chi connectivity index (χ3n) is 3.42. The predicted molar refractivity (Wildman–Crippen MR) is 76.3 cm³/mol. The second-order valence-electron chi connectivity index (χ2n) is 4.99. The monoisotopic (exact) mass is 250 g/mol. The minimum atomic E-state index is 0.208. The number of hydrogen-bond acceptors (Lipinski definition) is 3. The van der Waals surface area contributed by atoms with Crippen molar-refractivity contribution in [2.45, 2.75) is 25.4 Å². The van der Waals surface area contributed by atoms with Gasteiger partial charge in [0.05, 0.1) is 0 Å². The second kappa shape index (κ2) is 5.89. The van der Waals surface area contributed by atoms with Crippen molar-refractivity contribution in [1.82, 2.24) is 5.32 Å². The average Bonchev–Trinajstić information content (AvgIpc) is 2.65. The van der Waals surface area contributed by atoms with Gasteiger partial charge in [-0.25, -0.2) is 0 Å². The molecule has 0 heterocycles. The zero-order valence-electron chi connectivity index (χ0n) is 10.6. The summed E-state index contributed by atoms with van der Waals surface area (Å²) in [6.07, 6.45) is 3.20. The number of nitrogens with one attached hydrogen (secondary N) is 1. The molecule has 0 saturated heterocycles. The fourth-order valence-electron chi connectivity index (χ4n) is 2.55. The Morgan fingerprint density at radius 1 is 1.41 bits per heavy atom. The van der Waals surface area contributed by atoms with E-state index in [2.05, 4.69) is 42.8 Å². The maximum Gasteiger partial charge on any atom is 0.0341 e. The predicted octanol–water partition coefficient (Wildman–Crippen LogP) is 2.72. The molecule has 0 spiro atoms. The highest BCUT2D eigenvalue weighted by Crippen LogP contribution is 2.36. The Balaban J connectivity index is 1.96. The van der Waals surface area contributed by atoms with Crippen LogP contribution in [0.3, 0.4) is 0 Å². The minimum Gasteiger partial charge on any atom is -0.324 e. The molecule has 3 N–H and O–H groups in total. The smallest absolute Gasteiger partial charge is 0.0341 e. The van der Waals surface area contributed by atoms with Crippen LogP contribution in [0.5, 0.6) is 0 Å². The Hall–Kier alpha value is -0.510. The molecule has 2 nitrogen and oxygen atoms in total. The summed E-state index contributed by atoms with van der Waals surface area (Å²) in [4.78, 5) is 0. The van der Waals surface area contributed by atoms with Crippen molar-refractivity contribution in [2.24, 2.45) is 11.7 Å². The third-order valence-corrected chi connectivity index (χ3v) is 4.33. The Bertz CT molecular complexity index is 367. The van der Waals surface area contributed by atoms with E-state index in [1.165, 1.54) is 16.9 Å². The Labute approximate surface area is 108 Å². The molecule has 0 bridgehead atoms. The van der Waals surface area contributed by atoms with Gasteiger partial charge < -0.3 is 11.1 Å². The molecule has 1 aliphatic carbocycles. The van der Waals surface area contributed by atoms with Crippen molar-refractivity contribution in [1.29, 1.82) is 0 Å². The molecule has 2 rings (SSSR count). The normalized spacial score (nSPS) is 24.6. The van der Waals surface area contributed by atoms with Gasteiger partial charge in [-0.05, 0) is 42.0 Å². The highest BCUT2D eigenvalue weighted by molar-refractivity contribution is 7.98. The largest absolute Gasteiger partial charge is 0.324 e. The van der Waals surface area contributed by atoms with E-state index in [0.717, 1.165) is 13.0 Å². The molecule has 1 aliphatic rings. The second-order valence-corrected chi connectivity index (χ2v) is 5.90. The van der Waals surface area contributed by atoms with Crippen LogP contribution in [-0.4, -0.2) is 18.6 Å². The van der Waals surface area contributed by atoms with E-state index >= 15 is 0 Å². The molecule has 3 atom stereocenters. The summed E-state index contributed by atoms with van der Waals surface area (Å²) in [7, 11) is 0. The lowest BCUT2D eigenvalue weighted by Crippen LogP contribution is -2.26. The summed E-state index contributed by atoms with van der Waals surface area (Å²) in [5.41, 5.74) is 8.88. The van der Waals surface area contributed by atoms with Crippen molar-refractivity contribution in [3.8, 4) is 0 Å². The zero-order chi connectivity index (χ0) is 12.3. The molecule has 0 radical (unpaired) electrons. The fraction of sp³-hybridized carbons (Fsp3) is 0.571. The summed E-state index contributed by atoms with van der Waals surface area (Å²) >= 11 is 1.91. The highest BCUT2D eigenvalue weighted by atomic mass is 32.2. The van der Waals surface area contributed by atoms with E-state index in [-0.39, 0.29) is 6.04 Å². The summed E-state index contributed by atoms with van der Waals surface area (Å²) < 4.78 is 0. The maximum absolute atomic E-state index is 6.16. The molecule has 0 aromatic heterocycles. The van der Waals surface area contributed by atoms with E-state index < -0.39 is 0 Å². The van der Waals surface area contributed by atoms with Crippen LogP contribution in [0.2, 0.25) is 0 Å². The van der Waals surface area contributed by atoms with Crippen molar-refractivity contribution in [3.63, 3.8) is 0 Å². The lowest BCUT2D eigenvalue weighted by Gasteiger charge is -2.17. The van der Waals surface area contributed by atoms with Gasteiger partial charge in [-0.3, -0.25) is 0 Å². The van der Waals surface area contributed by atoms with Crippen LogP contribution in [0.25, 0.3) is 0 Å². The van der Waals surface area contributed by atoms with E-state index in [1.54, 1.807) is 0 Å². The van der Waals surface area contributed by atoms with Crippen molar-refractivity contribution in [3.05, 3.63) is 35.4 Å². The summed E-state index contributed by atoms with van der Waals surface area (Å²) in [5.74, 6) is 1.93. The topological polar surface area (TPSA) is 38.0 Å². The van der Waals surface area contributed by atoms with Crippen molar-refractivity contribution < 1.29 is 0 Å². The Morgan fingerprint density at radius 3 is 2.82 bits per heavy atom. The lowest BCUT2D eigenvalue weighted by molar-refractivity contribution is 0.458. The number of thioether (sulfide) groups is 1. The van der Waals surface area contributed by atoms with Gasteiger partial charge >= 0.3 is 0 Å². The highest BCUT2D eigenvalue weighted by Gasteiger charge is 2.27. The van der Waals surface area contributed by atoms with Gasteiger partial charge in [0.1, 0.15) is 0 Å². The SMILES string of the molecule is CSCC(C)CNC1CC(N)c2ccccc21. The Kier molecular flexibility index (Phi) is 4.48. The van der Waals surface area contributed by atoms with Gasteiger partial charge in [-0.1, -0.05) is 31.2 Å². The maximum atomic E-state index is 6.16. The number of fused-ring (bicyclic) bond motifs is 1. The summed E-state index contributed by atoms with van der Waals surface area (Å²) in [6.45, 7) is 3.37. The molecule has 3 unspecified atom stereocenters. The van der Waals surface area contributed by atoms with Gasteiger partial charge in [0.2, 0.25) is 0 Å². The molecule has 3 heteroatoms. The molecule has 1 aromatic rings. The first-order chi connectivity index (χ1) is 8.22. The van der Waals surface area contributed by atoms with Gasteiger partial charge in [0, 0.05) is 12.1 Å². The standard InChI is InChI=1S/C14H22N2S/c1-10(9-17-2)8-16-14-7-13(15)11-5-3-4-6-12(11)14/h3-6,10,13-14,16H,7-9,15H2,1-2H3. The van der Waals surface area contributed by atoms with Crippen molar-refractivity contribution >= 4 is 11.8 Å². The van der Waals surface area contributed by atoms with E-state index in [9.17, 15) is 0 Å². The quantitative estimate of drug-likeness (QED) is 0.844. The molecule has 0 aliphatic heterocycles. The fourth-order valence-corrected chi connectivity index (χ4v) is 3.24. The summed E-state index contributed by atoms with van der Waals surface area (Å²) in [6, 6.07) is 9.21. The number of benzene rings is 1. The molecular weight excluding hydrogens is 228 g/mol. The first-order valence-corrected chi connectivity index (χ1v) is 7.68. The van der Waals surface area contributed by atoms with Gasteiger partial charge in [-0.15, -0.1) is 0 Å². The number of rotatable bonds is 5. The third kappa shape index (κ3) is 3.03. The van der Waals surface area contributed by atoms with Crippen LogP contribution >= 0.6 is 11.8 Å². The average molecular weight is 250 g/mol. The number of nitrogens with two attached hydrogens (primary N) is 1. The molecule has 1 aromatic carbocycles. The van der Waals surface area contributed by atoms with Gasteiger partial charge in [0.25, 0.3) is 0 Å². The first-order valence-electron chi connectivity index (χ1n) is 6.29. The molecule has 0 fully saturated rings.